The Hall–Kier alpha value is -4.66. The Morgan fingerprint density at radius 2 is 0.934 bits per heavy atom. The van der Waals surface area contributed by atoms with Crippen LogP contribution in [0.4, 0.5) is 52.7 Å². The molecule has 0 fully saturated rings. The van der Waals surface area contributed by atoms with Gasteiger partial charge in [-0.1, -0.05) is 111 Å². The van der Waals surface area contributed by atoms with Gasteiger partial charge in [0.1, 0.15) is 0 Å². The summed E-state index contributed by atoms with van der Waals surface area (Å²) in [5, 5.41) is 0.500. The molecule has 0 radical (unpaired) electrons. The summed E-state index contributed by atoms with van der Waals surface area (Å²) in [4.78, 5) is 0. The van der Waals surface area contributed by atoms with E-state index in [4.69, 9.17) is 0 Å². The van der Waals surface area contributed by atoms with Crippen LogP contribution in [-0.4, -0.2) is 5.66 Å². The first-order valence-electron chi connectivity index (χ1n) is 18.0. The van der Waals surface area contributed by atoms with Gasteiger partial charge in [-0.2, -0.15) is 70.9 Å². The summed E-state index contributed by atoms with van der Waals surface area (Å²) in [6.45, 7) is 1.39. The normalized spacial score (nSPS) is 16.0. The molecule has 5 aromatic rings. The Balaban J connectivity index is 0.00000109. The fourth-order valence-electron chi connectivity index (χ4n) is 6.73. The van der Waals surface area contributed by atoms with E-state index in [0.29, 0.717) is 41.0 Å². The van der Waals surface area contributed by atoms with Gasteiger partial charge in [0.15, 0.2) is 0 Å². The SMILES string of the molecule is CC(C1=CC=C/C1=C1/C=CC=C[C-]1P(c1ccccc1)c1ccccc1)P(c1cc(C(F)(F)F)cc(C(F)(F)F)c1)c1cc(C(F)(F)F)cc(C(F)(F)F)c1.[Fe+2].c1cc[cH-]c1. The Bertz CT molecular complexity index is 2210. The maximum Gasteiger partial charge on any atom is 2.00 e. The molecule has 61 heavy (non-hydrogen) atoms. The van der Waals surface area contributed by atoms with Crippen molar-refractivity contribution < 1.29 is 69.8 Å². The quantitative estimate of drug-likeness (QED) is 0.0660. The van der Waals surface area contributed by atoms with Gasteiger partial charge in [0.05, 0.1) is 22.3 Å². The summed E-state index contributed by atoms with van der Waals surface area (Å²) in [5.74, 6) is 0. The molecule has 1 unspecified atom stereocenters. The number of alkyl halides is 12. The standard InChI is InChI=1S/C41H27F12P2.C5H5.Fe/c1-25(34-16-10-17-35(34)36-15-8-9-18-37(36)55(30-11-4-2-5-12-30)31-13-6-3-7-14-31)54(32-21-26(38(42,43)44)19-27(22-32)39(45,46)47)33-23-28(40(48,49)50)20-29(24-33)41(51,52)53;1-2-4-5-3-1;/h2-25H,1H3;1-5H;/q2*-1;+2/b36-35+;;. The van der Waals surface area contributed by atoms with Crippen molar-refractivity contribution in [3.8, 4) is 0 Å². The van der Waals surface area contributed by atoms with Gasteiger partial charge in [0.2, 0.25) is 0 Å². The summed E-state index contributed by atoms with van der Waals surface area (Å²) in [6, 6.07) is 30.2. The first-order chi connectivity index (χ1) is 28.2. The molecule has 5 aromatic carbocycles. The van der Waals surface area contributed by atoms with Crippen LogP contribution in [0.5, 0.6) is 0 Å². The van der Waals surface area contributed by atoms with E-state index >= 15 is 0 Å². The Kier molecular flexibility index (Phi) is 14.9. The monoisotopic (exact) mass is 930 g/mol. The van der Waals surface area contributed by atoms with Gasteiger partial charge in [0, 0.05) is 5.66 Å². The molecule has 7 rings (SSSR count). The zero-order valence-corrected chi connectivity index (χ0v) is 34.4. The number of hydrogen-bond acceptors (Lipinski definition) is 0. The van der Waals surface area contributed by atoms with Crippen molar-refractivity contribution >= 4 is 37.1 Å². The summed E-state index contributed by atoms with van der Waals surface area (Å²) in [7, 11) is -4.10. The number of hydrogen-bond donors (Lipinski definition) is 0. The van der Waals surface area contributed by atoms with E-state index in [0.717, 1.165) is 16.3 Å². The fraction of sp³-hybridized carbons (Fsp3) is 0.130. The van der Waals surface area contributed by atoms with E-state index in [9.17, 15) is 52.7 Å². The Morgan fingerprint density at radius 1 is 0.508 bits per heavy atom. The molecule has 0 saturated heterocycles. The van der Waals surface area contributed by atoms with Crippen molar-refractivity contribution in [1.29, 1.82) is 0 Å². The summed E-state index contributed by atoms with van der Waals surface area (Å²) in [6.07, 6.45) is -9.33. The van der Waals surface area contributed by atoms with Gasteiger partial charge in [-0.3, -0.25) is 0 Å². The molecule has 2 aliphatic rings. The van der Waals surface area contributed by atoms with Crippen LogP contribution >= 0.6 is 15.8 Å². The molecule has 0 spiro atoms. The zero-order chi connectivity index (χ0) is 43.5. The van der Waals surface area contributed by atoms with Gasteiger partial charge in [-0.25, -0.2) is 12.1 Å². The first-order valence-corrected chi connectivity index (χ1v) is 20.8. The predicted molar refractivity (Wildman–Crippen MR) is 215 cm³/mol. The molecule has 0 saturated carbocycles. The largest absolute Gasteiger partial charge is 2.00 e. The summed E-state index contributed by atoms with van der Waals surface area (Å²) in [5.41, 5.74) is -5.96. The summed E-state index contributed by atoms with van der Waals surface area (Å²) >= 11 is 0. The van der Waals surface area contributed by atoms with Crippen molar-refractivity contribution in [2.75, 3.05) is 0 Å². The van der Waals surface area contributed by atoms with Crippen LogP contribution in [-0.2, 0) is 41.8 Å². The molecule has 15 heteroatoms. The number of benzene rings is 4. The van der Waals surface area contributed by atoms with E-state index in [1.54, 1.807) is 24.3 Å². The maximum absolute atomic E-state index is 14.1. The molecule has 318 valence electrons. The van der Waals surface area contributed by atoms with E-state index in [1.807, 2.05) is 103 Å². The Morgan fingerprint density at radius 3 is 1.31 bits per heavy atom. The molecule has 0 heterocycles. The molecule has 0 nitrogen and oxygen atoms in total. The van der Waals surface area contributed by atoms with E-state index in [1.165, 1.54) is 13.0 Å². The van der Waals surface area contributed by atoms with Crippen molar-refractivity contribution in [2.24, 2.45) is 0 Å². The minimum absolute atomic E-state index is 0. The zero-order valence-electron chi connectivity index (χ0n) is 31.5. The minimum Gasteiger partial charge on any atom is -0.214 e. The van der Waals surface area contributed by atoms with Crippen LogP contribution in [0.25, 0.3) is 0 Å². The van der Waals surface area contributed by atoms with Gasteiger partial charge in [0.25, 0.3) is 0 Å². The molecular formula is C46H32F12FeP2. The van der Waals surface area contributed by atoms with Crippen LogP contribution in [0.15, 0.2) is 187 Å². The second-order valence-electron chi connectivity index (χ2n) is 13.5. The van der Waals surface area contributed by atoms with Crippen molar-refractivity contribution in [3.63, 3.8) is 0 Å². The van der Waals surface area contributed by atoms with Crippen LogP contribution in [0.3, 0.4) is 0 Å². The average Bonchev–Trinajstić information content (AvgIpc) is 3.95. The minimum atomic E-state index is -5.33. The molecule has 2 aliphatic carbocycles. The van der Waals surface area contributed by atoms with Crippen molar-refractivity contribution in [3.05, 3.63) is 215 Å². The van der Waals surface area contributed by atoms with Crippen molar-refractivity contribution in [2.45, 2.75) is 37.3 Å². The van der Waals surface area contributed by atoms with Crippen LogP contribution in [0.1, 0.15) is 29.2 Å². The molecule has 0 N–H and O–H groups in total. The van der Waals surface area contributed by atoms with Gasteiger partial charge >= 0.3 is 41.8 Å². The molecule has 0 amide bonds. The summed E-state index contributed by atoms with van der Waals surface area (Å²) < 4.78 is 170. The number of halogens is 12. The third kappa shape index (κ3) is 11.4. The second kappa shape index (κ2) is 19.2. The number of rotatable bonds is 7. The maximum atomic E-state index is 14.1. The fourth-order valence-corrected chi connectivity index (χ4v) is 12.0. The first kappa shape index (κ1) is 47.4. The second-order valence-corrected chi connectivity index (χ2v) is 18.2. The van der Waals surface area contributed by atoms with E-state index in [-0.39, 0.29) is 29.2 Å². The van der Waals surface area contributed by atoms with Crippen LogP contribution in [0.2, 0.25) is 0 Å². The predicted octanol–water partition coefficient (Wildman–Crippen LogP) is 13.6. The molecular weight excluding hydrogens is 898 g/mol. The van der Waals surface area contributed by atoms with Gasteiger partial charge < -0.3 is 0 Å². The van der Waals surface area contributed by atoms with Gasteiger partial charge in [-0.15, -0.1) is 29.9 Å². The van der Waals surface area contributed by atoms with E-state index in [2.05, 4.69) is 0 Å². The molecule has 0 aliphatic heterocycles. The van der Waals surface area contributed by atoms with Gasteiger partial charge in [-0.05, 0) is 65.5 Å². The van der Waals surface area contributed by atoms with E-state index < -0.39 is 79.1 Å². The Labute approximate surface area is 357 Å². The van der Waals surface area contributed by atoms with Crippen LogP contribution in [0, 0.1) is 5.66 Å². The molecule has 0 bridgehead atoms. The molecule has 1 atom stereocenters. The molecule has 0 aromatic heterocycles. The van der Waals surface area contributed by atoms with Crippen molar-refractivity contribution in [1.82, 2.24) is 0 Å². The smallest absolute Gasteiger partial charge is 0.214 e. The topological polar surface area (TPSA) is 0 Å². The number of allylic oxidation sites excluding steroid dienone is 10. The third-order valence-electron chi connectivity index (χ3n) is 9.41. The average molecular weight is 931 g/mol. The van der Waals surface area contributed by atoms with Crippen LogP contribution < -0.4 is 21.2 Å². The third-order valence-corrected chi connectivity index (χ3v) is 14.6.